The number of halogens is 1. The second-order valence-corrected chi connectivity index (χ2v) is 10.6. The minimum absolute atomic E-state index is 0.121. The zero-order valence-electron chi connectivity index (χ0n) is 19.8. The fourth-order valence-corrected chi connectivity index (χ4v) is 6.35. The molecule has 2 fully saturated rings. The van der Waals surface area contributed by atoms with Crippen molar-refractivity contribution in [2.45, 2.75) is 44.2 Å². The van der Waals surface area contributed by atoms with Gasteiger partial charge in [-0.2, -0.15) is 0 Å². The number of hydrogen-bond donors (Lipinski definition) is 2. The highest BCUT2D eigenvalue weighted by molar-refractivity contribution is 6.31. The molecule has 0 spiro atoms. The Bertz CT molecular complexity index is 1330. The molecule has 2 N–H and O–H groups in total. The van der Waals surface area contributed by atoms with E-state index in [2.05, 4.69) is 9.88 Å². The van der Waals surface area contributed by atoms with Gasteiger partial charge >= 0.3 is 6.03 Å². The third-order valence-corrected chi connectivity index (χ3v) is 8.10. The van der Waals surface area contributed by atoms with Gasteiger partial charge in [-0.05, 0) is 87.3 Å². The van der Waals surface area contributed by atoms with Crippen LogP contribution < -0.4 is 0 Å². The standard InChI is InChI=1S/C27H29ClN4O3/c1-27-16-21-20-15-18(28)8-9-22(20)29-23(21)24(17-6-4-7-19(33)14-17)32(27)26(35)31(25(27)34)13-5-12-30-10-2-3-11-30/h4,6-9,14-15,24,29,33H,2-3,5,10-13,16H2,1H3/t24-,27+/m1/s1. The van der Waals surface area contributed by atoms with E-state index in [1.165, 1.54) is 17.7 Å². The van der Waals surface area contributed by atoms with Gasteiger partial charge in [-0.1, -0.05) is 23.7 Å². The summed E-state index contributed by atoms with van der Waals surface area (Å²) in [6.07, 6.45) is 3.61. The van der Waals surface area contributed by atoms with Gasteiger partial charge in [-0.25, -0.2) is 4.79 Å². The van der Waals surface area contributed by atoms with Gasteiger partial charge in [0.1, 0.15) is 17.3 Å². The SMILES string of the molecule is C[C@@]12Cc3c([nH]c4ccc(Cl)cc34)[C@@H](c3cccc(O)c3)N1C(=O)N(CCCN1CCCC1)C2=O. The Morgan fingerprint density at radius 2 is 1.91 bits per heavy atom. The number of aromatic hydroxyl groups is 1. The van der Waals surface area contributed by atoms with Crippen LogP contribution in [0.1, 0.15) is 49.0 Å². The molecular weight excluding hydrogens is 464 g/mol. The molecule has 0 unspecified atom stereocenters. The molecule has 2 atom stereocenters. The second-order valence-electron chi connectivity index (χ2n) is 10.2. The average molecular weight is 493 g/mol. The molecule has 6 rings (SSSR count). The Hall–Kier alpha value is -3.03. The van der Waals surface area contributed by atoms with Crippen molar-refractivity contribution in [3.8, 4) is 5.75 Å². The molecule has 7 nitrogen and oxygen atoms in total. The molecule has 3 aromatic rings. The highest BCUT2D eigenvalue weighted by Crippen LogP contribution is 2.49. The van der Waals surface area contributed by atoms with E-state index < -0.39 is 11.6 Å². The average Bonchev–Trinajstić information content (AvgIpc) is 3.51. The number of carbonyl (C=O) groups is 2. The van der Waals surface area contributed by atoms with Crippen LogP contribution >= 0.6 is 11.6 Å². The van der Waals surface area contributed by atoms with Gasteiger partial charge < -0.3 is 15.0 Å². The number of carbonyl (C=O) groups excluding carboxylic acids is 2. The predicted octanol–water partition coefficient (Wildman–Crippen LogP) is 4.68. The van der Waals surface area contributed by atoms with Crippen molar-refractivity contribution in [2.24, 2.45) is 0 Å². The number of likely N-dealkylation sites (tertiary alicyclic amines) is 1. The smallest absolute Gasteiger partial charge is 0.328 e. The molecule has 0 aliphatic carbocycles. The normalized spacial score (nSPS) is 24.5. The number of H-pyrrole nitrogens is 1. The summed E-state index contributed by atoms with van der Waals surface area (Å²) in [7, 11) is 0. The zero-order chi connectivity index (χ0) is 24.3. The van der Waals surface area contributed by atoms with E-state index in [1.807, 2.05) is 31.2 Å². The maximum absolute atomic E-state index is 13.9. The number of hydrogen-bond acceptors (Lipinski definition) is 4. The van der Waals surface area contributed by atoms with Crippen LogP contribution in [0.3, 0.4) is 0 Å². The molecule has 182 valence electrons. The number of fused-ring (bicyclic) bond motifs is 4. The highest BCUT2D eigenvalue weighted by Gasteiger charge is 2.60. The Labute approximate surface area is 209 Å². The predicted molar refractivity (Wildman–Crippen MR) is 135 cm³/mol. The third kappa shape index (κ3) is 3.52. The molecular formula is C27H29ClN4O3. The number of phenolic OH excluding ortho intramolecular Hbond substituents is 1. The Kier molecular flexibility index (Phi) is 5.31. The Morgan fingerprint density at radius 1 is 1.11 bits per heavy atom. The van der Waals surface area contributed by atoms with E-state index in [-0.39, 0.29) is 17.7 Å². The minimum atomic E-state index is -1.02. The molecule has 0 saturated carbocycles. The number of amides is 3. The summed E-state index contributed by atoms with van der Waals surface area (Å²) in [4.78, 5) is 36.8. The van der Waals surface area contributed by atoms with Crippen LogP contribution in [0.25, 0.3) is 10.9 Å². The molecule has 2 saturated heterocycles. The van der Waals surface area contributed by atoms with Gasteiger partial charge in [-0.3, -0.25) is 14.6 Å². The number of phenols is 1. The van der Waals surface area contributed by atoms with Crippen LogP contribution in [0.2, 0.25) is 5.02 Å². The van der Waals surface area contributed by atoms with Crippen molar-refractivity contribution in [1.82, 2.24) is 19.7 Å². The number of benzene rings is 2. The molecule has 8 heteroatoms. The molecule has 2 aromatic carbocycles. The number of aromatic amines is 1. The van der Waals surface area contributed by atoms with Gasteiger partial charge in [0.15, 0.2) is 0 Å². The number of rotatable bonds is 5. The Morgan fingerprint density at radius 3 is 2.69 bits per heavy atom. The van der Waals surface area contributed by atoms with E-state index in [4.69, 9.17) is 11.6 Å². The van der Waals surface area contributed by atoms with Crippen LogP contribution in [-0.4, -0.2) is 68.4 Å². The van der Waals surface area contributed by atoms with Gasteiger partial charge in [0.05, 0.1) is 0 Å². The largest absolute Gasteiger partial charge is 0.508 e. The first-order chi connectivity index (χ1) is 16.9. The van der Waals surface area contributed by atoms with Gasteiger partial charge in [0.25, 0.3) is 5.91 Å². The Balaban J connectivity index is 1.42. The third-order valence-electron chi connectivity index (χ3n) is 7.87. The quantitative estimate of drug-likeness (QED) is 0.507. The van der Waals surface area contributed by atoms with E-state index in [9.17, 15) is 14.7 Å². The molecule has 1 aromatic heterocycles. The zero-order valence-corrected chi connectivity index (χ0v) is 20.5. The van der Waals surface area contributed by atoms with Crippen LogP contribution in [0, 0.1) is 0 Å². The summed E-state index contributed by atoms with van der Waals surface area (Å²) in [5.41, 5.74) is 2.51. The van der Waals surface area contributed by atoms with E-state index in [0.717, 1.165) is 53.8 Å². The first-order valence-corrected chi connectivity index (χ1v) is 12.7. The van der Waals surface area contributed by atoms with Crippen LogP contribution in [0.4, 0.5) is 4.79 Å². The number of imide groups is 1. The summed E-state index contributed by atoms with van der Waals surface area (Å²) in [5.74, 6) is -0.0352. The van der Waals surface area contributed by atoms with Gasteiger partial charge in [-0.15, -0.1) is 0 Å². The molecule has 3 amide bonds. The lowest BCUT2D eigenvalue weighted by Gasteiger charge is -2.42. The lowest BCUT2D eigenvalue weighted by Crippen LogP contribution is -2.53. The lowest BCUT2D eigenvalue weighted by molar-refractivity contribution is -0.133. The summed E-state index contributed by atoms with van der Waals surface area (Å²) in [6.45, 7) is 5.36. The molecule has 35 heavy (non-hydrogen) atoms. The minimum Gasteiger partial charge on any atom is -0.508 e. The van der Waals surface area contributed by atoms with Gasteiger partial charge in [0.2, 0.25) is 0 Å². The molecule has 3 aliphatic rings. The van der Waals surface area contributed by atoms with Crippen LogP contribution in [-0.2, 0) is 11.2 Å². The van der Waals surface area contributed by atoms with E-state index in [0.29, 0.717) is 18.0 Å². The first-order valence-electron chi connectivity index (χ1n) is 12.3. The number of aromatic nitrogens is 1. The number of urea groups is 1. The van der Waals surface area contributed by atoms with Gasteiger partial charge in [0, 0.05) is 34.6 Å². The first kappa shape index (κ1) is 22.4. The van der Waals surface area contributed by atoms with Crippen LogP contribution in [0.15, 0.2) is 42.5 Å². The number of nitrogens with one attached hydrogen (secondary N) is 1. The summed E-state index contributed by atoms with van der Waals surface area (Å²) in [5, 5.41) is 11.8. The molecule has 0 bridgehead atoms. The van der Waals surface area contributed by atoms with Crippen molar-refractivity contribution in [3.63, 3.8) is 0 Å². The van der Waals surface area contributed by atoms with Crippen molar-refractivity contribution < 1.29 is 14.7 Å². The summed E-state index contributed by atoms with van der Waals surface area (Å²) in [6, 6.07) is 11.8. The lowest BCUT2D eigenvalue weighted by atomic mass is 9.81. The fourth-order valence-electron chi connectivity index (χ4n) is 6.18. The van der Waals surface area contributed by atoms with Crippen LogP contribution in [0.5, 0.6) is 5.75 Å². The molecule has 0 radical (unpaired) electrons. The van der Waals surface area contributed by atoms with Crippen molar-refractivity contribution >= 4 is 34.4 Å². The van der Waals surface area contributed by atoms with Crippen molar-refractivity contribution in [3.05, 3.63) is 64.3 Å². The van der Waals surface area contributed by atoms with Crippen molar-refractivity contribution in [1.29, 1.82) is 0 Å². The molecule has 4 heterocycles. The van der Waals surface area contributed by atoms with E-state index >= 15 is 0 Å². The topological polar surface area (TPSA) is 79.9 Å². The van der Waals surface area contributed by atoms with E-state index in [1.54, 1.807) is 23.1 Å². The summed E-state index contributed by atoms with van der Waals surface area (Å²) >= 11 is 6.33. The number of nitrogens with zero attached hydrogens (tertiary/aromatic N) is 3. The maximum atomic E-state index is 13.9. The summed E-state index contributed by atoms with van der Waals surface area (Å²) < 4.78 is 0. The highest BCUT2D eigenvalue weighted by atomic mass is 35.5. The second kappa shape index (κ2) is 8.28. The maximum Gasteiger partial charge on any atom is 0.328 e. The van der Waals surface area contributed by atoms with Crippen molar-refractivity contribution in [2.75, 3.05) is 26.2 Å². The fraction of sp³-hybridized carbons (Fsp3) is 0.407. The monoisotopic (exact) mass is 492 g/mol. The molecule has 3 aliphatic heterocycles.